The van der Waals surface area contributed by atoms with Crippen LogP contribution < -0.4 is 0 Å². The lowest BCUT2D eigenvalue weighted by Gasteiger charge is -2.34. The van der Waals surface area contributed by atoms with E-state index in [0.717, 1.165) is 6.29 Å². The second-order valence-electron chi connectivity index (χ2n) is 4.06. The summed E-state index contributed by atoms with van der Waals surface area (Å²) in [4.78, 5) is 34.2. The third-order valence-electron chi connectivity index (χ3n) is 3.13. The van der Waals surface area contributed by atoms with E-state index in [1.54, 1.807) is 0 Å². The summed E-state index contributed by atoms with van der Waals surface area (Å²) < 4.78 is 9.31. The quantitative estimate of drug-likeness (QED) is 0.404. The maximum Gasteiger partial charge on any atom is 0.323 e. The van der Waals surface area contributed by atoms with Crippen LogP contribution in [0.2, 0.25) is 0 Å². The zero-order chi connectivity index (χ0) is 12.2. The van der Waals surface area contributed by atoms with Crippen LogP contribution in [0.5, 0.6) is 0 Å². The lowest BCUT2D eigenvalue weighted by molar-refractivity contribution is -0.173. The van der Waals surface area contributed by atoms with Crippen molar-refractivity contribution in [3.63, 3.8) is 0 Å². The molecule has 0 spiro atoms. The molecule has 0 radical (unpaired) electrons. The first-order valence-corrected chi connectivity index (χ1v) is 5.23. The molecule has 0 saturated heterocycles. The van der Waals surface area contributed by atoms with Crippen LogP contribution in [0.1, 0.15) is 25.7 Å². The molecule has 0 aromatic rings. The number of rotatable bonds is 3. The highest BCUT2D eigenvalue weighted by Gasteiger charge is 2.51. The van der Waals surface area contributed by atoms with Crippen molar-refractivity contribution in [2.75, 3.05) is 14.2 Å². The molecule has 1 aliphatic carbocycles. The summed E-state index contributed by atoms with van der Waals surface area (Å²) in [6.07, 6.45) is 2.72. The minimum absolute atomic E-state index is 0.190. The van der Waals surface area contributed by atoms with Gasteiger partial charge in [0, 0.05) is 5.92 Å². The molecule has 0 heterocycles. The van der Waals surface area contributed by atoms with Gasteiger partial charge in [-0.05, 0) is 19.3 Å². The number of esters is 2. The predicted molar refractivity (Wildman–Crippen MR) is 54.5 cm³/mol. The van der Waals surface area contributed by atoms with Gasteiger partial charge in [0.05, 0.1) is 14.2 Å². The molecule has 1 unspecified atom stereocenters. The fourth-order valence-corrected chi connectivity index (χ4v) is 2.28. The van der Waals surface area contributed by atoms with Gasteiger partial charge in [0.15, 0.2) is 5.41 Å². The first kappa shape index (κ1) is 12.7. The molecule has 0 N–H and O–H groups in total. The molecule has 0 aliphatic heterocycles. The molecule has 0 bridgehead atoms. The van der Waals surface area contributed by atoms with Crippen molar-refractivity contribution in [3.8, 4) is 0 Å². The standard InChI is InChI=1S/C11H16O5/c1-15-9(13)11(10(14)16-2)5-3-4-8(6-11)7-12/h7-8H,3-6H2,1-2H3. The van der Waals surface area contributed by atoms with Crippen molar-refractivity contribution in [2.45, 2.75) is 25.7 Å². The summed E-state index contributed by atoms with van der Waals surface area (Å²) in [5.74, 6) is -1.48. The Morgan fingerprint density at radius 2 is 1.81 bits per heavy atom. The Hall–Kier alpha value is -1.39. The predicted octanol–water partition coefficient (Wildman–Crippen LogP) is 0.708. The first-order valence-electron chi connectivity index (χ1n) is 5.23. The van der Waals surface area contributed by atoms with Gasteiger partial charge in [-0.1, -0.05) is 6.42 Å². The monoisotopic (exact) mass is 228 g/mol. The minimum atomic E-state index is -1.28. The van der Waals surface area contributed by atoms with Gasteiger partial charge in [0.2, 0.25) is 0 Å². The molecule has 1 atom stereocenters. The topological polar surface area (TPSA) is 69.7 Å². The van der Waals surface area contributed by atoms with Gasteiger partial charge in [0.25, 0.3) is 0 Å². The van der Waals surface area contributed by atoms with E-state index >= 15 is 0 Å². The van der Waals surface area contributed by atoms with Crippen LogP contribution in [0, 0.1) is 11.3 Å². The number of carbonyl (C=O) groups is 3. The smallest absolute Gasteiger partial charge is 0.323 e. The number of aldehydes is 1. The summed E-state index contributed by atoms with van der Waals surface area (Å²) in [6, 6.07) is 0. The number of hydrogen-bond acceptors (Lipinski definition) is 5. The number of carbonyl (C=O) groups excluding carboxylic acids is 3. The maximum absolute atomic E-state index is 11.7. The minimum Gasteiger partial charge on any atom is -0.468 e. The number of ether oxygens (including phenoxy) is 2. The molecule has 1 rings (SSSR count). The van der Waals surface area contributed by atoms with Gasteiger partial charge in [0.1, 0.15) is 6.29 Å². The maximum atomic E-state index is 11.7. The highest BCUT2D eigenvalue weighted by atomic mass is 16.5. The Morgan fingerprint density at radius 3 is 2.25 bits per heavy atom. The summed E-state index contributed by atoms with van der Waals surface area (Å²) in [7, 11) is 2.47. The Morgan fingerprint density at radius 1 is 1.25 bits per heavy atom. The average Bonchev–Trinajstić information content (AvgIpc) is 2.36. The van der Waals surface area contributed by atoms with Crippen molar-refractivity contribution in [1.29, 1.82) is 0 Å². The summed E-state index contributed by atoms with van der Waals surface area (Å²) in [5, 5.41) is 0. The average molecular weight is 228 g/mol. The van der Waals surface area contributed by atoms with Crippen molar-refractivity contribution in [1.82, 2.24) is 0 Å². The zero-order valence-electron chi connectivity index (χ0n) is 9.52. The van der Waals surface area contributed by atoms with E-state index in [2.05, 4.69) is 9.47 Å². The first-order chi connectivity index (χ1) is 7.60. The van der Waals surface area contributed by atoms with Crippen LogP contribution >= 0.6 is 0 Å². The molecule has 0 aromatic heterocycles. The second-order valence-corrected chi connectivity index (χ2v) is 4.06. The van der Waals surface area contributed by atoms with Crippen molar-refractivity contribution >= 4 is 18.2 Å². The van der Waals surface area contributed by atoms with E-state index in [-0.39, 0.29) is 12.3 Å². The normalized spacial score (nSPS) is 23.2. The van der Waals surface area contributed by atoms with E-state index in [9.17, 15) is 14.4 Å². The molecule has 0 amide bonds. The van der Waals surface area contributed by atoms with E-state index in [4.69, 9.17) is 0 Å². The number of methoxy groups -OCH3 is 2. The van der Waals surface area contributed by atoms with Gasteiger partial charge < -0.3 is 14.3 Å². The lowest BCUT2D eigenvalue weighted by Crippen LogP contribution is -2.45. The highest BCUT2D eigenvalue weighted by molar-refractivity contribution is 6.00. The Bertz CT molecular complexity index is 281. The van der Waals surface area contributed by atoms with Gasteiger partial charge >= 0.3 is 11.9 Å². The van der Waals surface area contributed by atoms with Gasteiger partial charge in [-0.3, -0.25) is 9.59 Å². The highest BCUT2D eigenvalue weighted by Crippen LogP contribution is 2.40. The van der Waals surface area contributed by atoms with E-state index in [1.807, 2.05) is 0 Å². The third-order valence-corrected chi connectivity index (χ3v) is 3.13. The third kappa shape index (κ3) is 2.08. The van der Waals surface area contributed by atoms with E-state index in [0.29, 0.717) is 19.3 Å². The molecular formula is C11H16O5. The number of hydrogen-bond donors (Lipinski definition) is 0. The van der Waals surface area contributed by atoms with Gasteiger partial charge in [-0.15, -0.1) is 0 Å². The molecule has 1 saturated carbocycles. The largest absolute Gasteiger partial charge is 0.468 e. The zero-order valence-corrected chi connectivity index (χ0v) is 9.52. The molecule has 16 heavy (non-hydrogen) atoms. The van der Waals surface area contributed by atoms with Crippen LogP contribution in [0.25, 0.3) is 0 Å². The SMILES string of the molecule is COC(=O)C1(C(=O)OC)CCCC(C=O)C1. The fourth-order valence-electron chi connectivity index (χ4n) is 2.28. The van der Waals surface area contributed by atoms with Crippen LogP contribution in [0.3, 0.4) is 0 Å². The molecular weight excluding hydrogens is 212 g/mol. The van der Waals surface area contributed by atoms with E-state index in [1.165, 1.54) is 14.2 Å². The molecule has 5 heteroatoms. The van der Waals surface area contributed by atoms with Gasteiger partial charge in [-0.2, -0.15) is 0 Å². The Kier molecular flexibility index (Phi) is 4.04. The summed E-state index contributed by atoms with van der Waals surface area (Å²) in [5.41, 5.74) is -1.28. The van der Waals surface area contributed by atoms with Crippen molar-refractivity contribution in [3.05, 3.63) is 0 Å². The van der Waals surface area contributed by atoms with Crippen molar-refractivity contribution in [2.24, 2.45) is 11.3 Å². The molecule has 0 aromatic carbocycles. The summed E-state index contributed by atoms with van der Waals surface area (Å²) >= 11 is 0. The molecule has 1 fully saturated rings. The summed E-state index contributed by atoms with van der Waals surface area (Å²) in [6.45, 7) is 0. The lowest BCUT2D eigenvalue weighted by atomic mass is 9.70. The van der Waals surface area contributed by atoms with E-state index < -0.39 is 17.4 Å². The molecule has 90 valence electrons. The Balaban J connectivity index is 2.98. The fraction of sp³-hybridized carbons (Fsp3) is 0.727. The molecule has 5 nitrogen and oxygen atoms in total. The van der Waals surface area contributed by atoms with Crippen LogP contribution in [-0.4, -0.2) is 32.4 Å². The second kappa shape index (κ2) is 5.09. The van der Waals surface area contributed by atoms with Crippen LogP contribution in [0.4, 0.5) is 0 Å². The van der Waals surface area contributed by atoms with Crippen LogP contribution in [-0.2, 0) is 23.9 Å². The molecule has 1 aliphatic rings. The van der Waals surface area contributed by atoms with Crippen molar-refractivity contribution < 1.29 is 23.9 Å². The van der Waals surface area contributed by atoms with Gasteiger partial charge in [-0.25, -0.2) is 0 Å². The van der Waals surface area contributed by atoms with Crippen LogP contribution in [0.15, 0.2) is 0 Å². The Labute approximate surface area is 94.1 Å².